The number of hydrogen-bond acceptors (Lipinski definition) is 6. The molecule has 11 heteroatoms. The Morgan fingerprint density at radius 1 is 1.22 bits per heavy atom. The maximum Gasteiger partial charge on any atom is 0.266 e. The second-order valence-corrected chi connectivity index (χ2v) is 11.6. The van der Waals surface area contributed by atoms with Gasteiger partial charge in [0.2, 0.25) is 0 Å². The molecule has 0 saturated heterocycles. The van der Waals surface area contributed by atoms with Crippen LogP contribution >= 0.6 is 22.9 Å². The second-order valence-electron chi connectivity index (χ2n) is 8.78. The van der Waals surface area contributed by atoms with E-state index in [4.69, 9.17) is 16.3 Å². The van der Waals surface area contributed by atoms with E-state index in [1.165, 1.54) is 34.4 Å². The Morgan fingerprint density at radius 2 is 1.97 bits per heavy atom. The molecule has 2 aromatic carbocycles. The van der Waals surface area contributed by atoms with Crippen LogP contribution in [0.1, 0.15) is 32.3 Å². The van der Waals surface area contributed by atoms with Crippen LogP contribution in [0.2, 0.25) is 5.02 Å². The highest BCUT2D eigenvalue weighted by atomic mass is 35.5. The van der Waals surface area contributed by atoms with Gasteiger partial charge >= 0.3 is 0 Å². The number of sulfonamides is 1. The first kappa shape index (κ1) is 26.5. The fraction of sp³-hybridized carbons (Fsp3) is 0.320. The Labute approximate surface area is 218 Å². The first-order chi connectivity index (χ1) is 17.1. The number of halogens is 3. The number of aromatic nitrogens is 1. The molecule has 192 valence electrons. The largest absolute Gasteiger partial charge is 0.491 e. The highest BCUT2D eigenvalue weighted by molar-refractivity contribution is 7.92. The summed E-state index contributed by atoms with van der Waals surface area (Å²) >= 11 is 7.53. The van der Waals surface area contributed by atoms with Crippen LogP contribution in [0, 0.1) is 17.6 Å². The molecule has 4 rings (SSSR count). The van der Waals surface area contributed by atoms with Gasteiger partial charge < -0.3 is 10.1 Å². The average molecular weight is 554 g/mol. The predicted octanol–water partition coefficient (Wildman–Crippen LogP) is 6.11. The molecule has 0 bridgehead atoms. The van der Waals surface area contributed by atoms with Crippen molar-refractivity contribution in [3.05, 3.63) is 75.6 Å². The summed E-state index contributed by atoms with van der Waals surface area (Å²) in [5.74, 6) is -1.31. The normalized spacial score (nSPS) is 18.2. The smallest absolute Gasteiger partial charge is 0.266 e. The van der Waals surface area contributed by atoms with Crippen molar-refractivity contribution in [3.63, 3.8) is 0 Å². The molecule has 0 fully saturated rings. The van der Waals surface area contributed by atoms with Crippen LogP contribution in [0.15, 0.2) is 58.3 Å². The number of anilines is 1. The minimum Gasteiger partial charge on any atom is -0.491 e. The molecule has 0 amide bonds. The van der Waals surface area contributed by atoms with E-state index in [0.717, 1.165) is 36.1 Å². The van der Waals surface area contributed by atoms with Gasteiger partial charge in [0.1, 0.15) is 22.3 Å². The van der Waals surface area contributed by atoms with E-state index in [1.54, 1.807) is 12.1 Å². The van der Waals surface area contributed by atoms with Crippen LogP contribution < -0.4 is 14.8 Å². The van der Waals surface area contributed by atoms with Gasteiger partial charge in [0.15, 0.2) is 5.82 Å². The van der Waals surface area contributed by atoms with Crippen LogP contribution in [0.5, 0.6) is 5.75 Å². The first-order valence-electron chi connectivity index (χ1n) is 11.4. The summed E-state index contributed by atoms with van der Waals surface area (Å²) in [6, 6.07) is 8.59. The van der Waals surface area contributed by atoms with E-state index in [2.05, 4.69) is 34.9 Å². The van der Waals surface area contributed by atoms with Gasteiger partial charge in [-0.1, -0.05) is 43.7 Å². The van der Waals surface area contributed by atoms with Crippen LogP contribution in [0.4, 0.5) is 14.6 Å². The zero-order chi connectivity index (χ0) is 25.9. The van der Waals surface area contributed by atoms with E-state index in [9.17, 15) is 17.2 Å². The van der Waals surface area contributed by atoms with Gasteiger partial charge in [-0.05, 0) is 42.2 Å². The third-order valence-corrected chi connectivity index (χ3v) is 8.07. The molecule has 36 heavy (non-hydrogen) atoms. The summed E-state index contributed by atoms with van der Waals surface area (Å²) in [6.45, 7) is 4.27. The number of ether oxygens (including phenoxy) is 1. The summed E-state index contributed by atoms with van der Waals surface area (Å²) in [5, 5.41) is 5.02. The molecule has 1 aromatic heterocycles. The summed E-state index contributed by atoms with van der Waals surface area (Å²) in [7, 11) is -4.23. The first-order valence-corrected chi connectivity index (χ1v) is 14.2. The third kappa shape index (κ3) is 6.23. The van der Waals surface area contributed by atoms with Crippen molar-refractivity contribution in [2.75, 3.05) is 11.3 Å². The van der Waals surface area contributed by atoms with E-state index in [0.29, 0.717) is 0 Å². The topological polar surface area (TPSA) is 80.3 Å². The van der Waals surface area contributed by atoms with Crippen molar-refractivity contribution in [1.29, 1.82) is 0 Å². The van der Waals surface area contributed by atoms with Gasteiger partial charge in [0.25, 0.3) is 10.0 Å². The van der Waals surface area contributed by atoms with Crippen LogP contribution in [-0.2, 0) is 10.0 Å². The summed E-state index contributed by atoms with van der Waals surface area (Å²) in [4.78, 5) is 3.26. The lowest BCUT2D eigenvalue weighted by Gasteiger charge is -2.35. The van der Waals surface area contributed by atoms with Crippen molar-refractivity contribution in [1.82, 2.24) is 10.3 Å². The average Bonchev–Trinajstić information content (AvgIpc) is 3.32. The van der Waals surface area contributed by atoms with E-state index in [-0.39, 0.29) is 47.0 Å². The fourth-order valence-electron chi connectivity index (χ4n) is 4.26. The van der Waals surface area contributed by atoms with Crippen molar-refractivity contribution in [2.45, 2.75) is 43.7 Å². The fourth-order valence-corrected chi connectivity index (χ4v) is 6.18. The van der Waals surface area contributed by atoms with E-state index < -0.39 is 20.7 Å². The molecule has 2 atom stereocenters. The van der Waals surface area contributed by atoms with Gasteiger partial charge in [-0.2, -0.15) is 0 Å². The number of thiazole rings is 1. The number of allylic oxidation sites excluding steroid dienone is 1. The maximum atomic E-state index is 14.9. The Kier molecular flexibility index (Phi) is 8.29. The number of hydrogen-bond donors (Lipinski definition) is 2. The van der Waals surface area contributed by atoms with Crippen LogP contribution in [0.3, 0.4) is 0 Å². The molecular formula is C25H26ClF2N3O3S2. The lowest BCUT2D eigenvalue weighted by Crippen LogP contribution is -2.44. The molecule has 1 heterocycles. The Morgan fingerprint density at radius 3 is 2.64 bits per heavy atom. The maximum absolute atomic E-state index is 14.9. The second kappa shape index (κ2) is 11.2. The number of benzene rings is 2. The highest BCUT2D eigenvalue weighted by Gasteiger charge is 2.30. The van der Waals surface area contributed by atoms with Crippen LogP contribution in [0.25, 0.3) is 5.57 Å². The Hall–Kier alpha value is -2.53. The van der Waals surface area contributed by atoms with Crippen molar-refractivity contribution in [2.24, 2.45) is 5.92 Å². The minimum absolute atomic E-state index is 0.0356. The summed E-state index contributed by atoms with van der Waals surface area (Å²) < 4.78 is 61.9. The highest BCUT2D eigenvalue weighted by Crippen LogP contribution is 2.36. The Balaban J connectivity index is 1.57. The Bertz CT molecular complexity index is 1330. The molecular weight excluding hydrogens is 528 g/mol. The van der Waals surface area contributed by atoms with Gasteiger partial charge in [-0.3, -0.25) is 4.72 Å². The van der Waals surface area contributed by atoms with E-state index >= 15 is 0 Å². The molecule has 1 aliphatic carbocycles. The molecule has 6 nitrogen and oxygen atoms in total. The molecule has 0 aliphatic heterocycles. The third-order valence-electron chi connectivity index (χ3n) is 5.82. The monoisotopic (exact) mass is 553 g/mol. The van der Waals surface area contributed by atoms with Gasteiger partial charge in [0, 0.05) is 29.4 Å². The zero-order valence-electron chi connectivity index (χ0n) is 19.7. The lowest BCUT2D eigenvalue weighted by atomic mass is 9.80. The van der Waals surface area contributed by atoms with Crippen molar-refractivity contribution >= 4 is 44.4 Å². The summed E-state index contributed by atoms with van der Waals surface area (Å²) in [6.07, 6.45) is 3.84. The van der Waals surface area contributed by atoms with Gasteiger partial charge in [0.05, 0.1) is 17.1 Å². The van der Waals surface area contributed by atoms with Gasteiger partial charge in [-0.25, -0.2) is 22.2 Å². The van der Waals surface area contributed by atoms with Crippen LogP contribution in [-0.4, -0.2) is 32.1 Å². The van der Waals surface area contributed by atoms with E-state index in [1.807, 2.05) is 0 Å². The molecule has 0 saturated carbocycles. The molecule has 0 spiro atoms. The number of rotatable bonds is 9. The molecule has 3 aromatic rings. The molecule has 0 radical (unpaired) electrons. The van der Waals surface area contributed by atoms with Crippen molar-refractivity contribution < 1.29 is 21.9 Å². The molecule has 1 aliphatic rings. The SMILES string of the molecule is CC(C)N[C@@H]1CCC=C(c2ccc(F)cc2)[C@H]1COc1cc(F)c(S(=O)(=O)Nc2cscn2)cc1Cl. The number of nitrogens with zero attached hydrogens (tertiary/aromatic N) is 1. The van der Waals surface area contributed by atoms with Gasteiger partial charge in [-0.15, -0.1) is 11.3 Å². The minimum atomic E-state index is -4.23. The summed E-state index contributed by atoms with van der Waals surface area (Å²) in [5.41, 5.74) is 3.34. The predicted molar refractivity (Wildman–Crippen MR) is 139 cm³/mol. The number of nitrogens with one attached hydrogen (secondary N) is 2. The molecule has 0 unspecified atom stereocenters. The zero-order valence-corrected chi connectivity index (χ0v) is 22.1. The quantitative estimate of drug-likeness (QED) is 0.334. The van der Waals surface area contributed by atoms with Crippen molar-refractivity contribution in [3.8, 4) is 5.75 Å². The molecule has 2 N–H and O–H groups in total. The standard InChI is InChI=1S/C25H26ClF2N3O3S2/c1-15(2)30-22-5-3-4-18(16-6-8-17(27)9-7-16)19(22)12-34-23-11-21(28)24(10-20(23)26)36(32,33)31-25-13-35-14-29-25/h4,6-11,13-15,19,22,30-31H,3,5,12H2,1-2H3/t19-,22-/m1/s1. The lowest BCUT2D eigenvalue weighted by molar-refractivity contribution is 0.229.